The fraction of sp³-hybridized carbons (Fsp3) is 0.538. The zero-order valence-electron chi connectivity index (χ0n) is 11.5. The molecule has 0 aliphatic rings. The largest absolute Gasteiger partial charge is 0.382 e. The minimum atomic E-state index is -3.45. The van der Waals surface area contributed by atoms with Gasteiger partial charge in [-0.05, 0) is 44.4 Å². The average molecular weight is 350 g/mol. The fourth-order valence-corrected chi connectivity index (χ4v) is 3.52. The predicted molar refractivity (Wildman–Crippen MR) is 79.9 cm³/mol. The average Bonchev–Trinajstić information content (AvgIpc) is 2.33. The first-order valence-corrected chi connectivity index (χ1v) is 8.50. The number of nitrogens with one attached hydrogen (secondary N) is 1. The van der Waals surface area contributed by atoms with Gasteiger partial charge in [-0.3, -0.25) is 0 Å². The van der Waals surface area contributed by atoms with E-state index in [-0.39, 0.29) is 0 Å². The molecule has 0 saturated heterocycles. The Morgan fingerprint density at radius 2 is 1.95 bits per heavy atom. The summed E-state index contributed by atoms with van der Waals surface area (Å²) in [5.41, 5.74) is 1.77. The summed E-state index contributed by atoms with van der Waals surface area (Å²) >= 11 is 3.36. The molecule has 0 spiro atoms. The predicted octanol–water partition coefficient (Wildman–Crippen LogP) is 2.77. The van der Waals surface area contributed by atoms with E-state index in [4.69, 9.17) is 4.74 Å². The van der Waals surface area contributed by atoms with Crippen molar-refractivity contribution in [2.75, 3.05) is 19.8 Å². The van der Waals surface area contributed by atoms with Crippen molar-refractivity contribution < 1.29 is 13.2 Å². The van der Waals surface area contributed by atoms with E-state index in [1.807, 2.05) is 19.9 Å². The zero-order chi connectivity index (χ0) is 14.5. The molecule has 0 unspecified atom stereocenters. The second kappa shape index (κ2) is 7.38. The van der Waals surface area contributed by atoms with Crippen LogP contribution in [0.4, 0.5) is 0 Å². The third-order valence-electron chi connectivity index (χ3n) is 2.71. The normalized spacial score (nSPS) is 11.8. The van der Waals surface area contributed by atoms with Crippen LogP contribution in [0.3, 0.4) is 0 Å². The molecule has 1 aromatic carbocycles. The van der Waals surface area contributed by atoms with Crippen molar-refractivity contribution in [1.29, 1.82) is 0 Å². The van der Waals surface area contributed by atoms with Crippen LogP contribution in [-0.4, -0.2) is 28.2 Å². The summed E-state index contributed by atoms with van der Waals surface area (Å²) in [5.74, 6) is 0. The van der Waals surface area contributed by atoms with Gasteiger partial charge >= 0.3 is 0 Å². The summed E-state index contributed by atoms with van der Waals surface area (Å²) < 4.78 is 32.9. The van der Waals surface area contributed by atoms with E-state index in [2.05, 4.69) is 20.7 Å². The highest BCUT2D eigenvalue weighted by Gasteiger charge is 2.17. The highest BCUT2D eigenvalue weighted by Crippen LogP contribution is 2.24. The molecule has 0 atom stereocenters. The van der Waals surface area contributed by atoms with Gasteiger partial charge in [0.05, 0.1) is 4.90 Å². The molecule has 0 aliphatic carbocycles. The van der Waals surface area contributed by atoms with E-state index in [0.717, 1.165) is 15.6 Å². The lowest BCUT2D eigenvalue weighted by molar-refractivity contribution is 0.146. The second-order valence-corrected chi connectivity index (χ2v) is 6.90. The first-order valence-electron chi connectivity index (χ1n) is 6.22. The number of hydrogen-bond donors (Lipinski definition) is 1. The SMILES string of the molecule is CCOCCCNS(=O)(=O)c1cc(Br)c(C)cc1C. The lowest BCUT2D eigenvalue weighted by atomic mass is 10.2. The summed E-state index contributed by atoms with van der Waals surface area (Å²) in [6.45, 7) is 7.24. The molecule has 0 radical (unpaired) electrons. The first kappa shape index (κ1) is 16.6. The van der Waals surface area contributed by atoms with E-state index < -0.39 is 10.0 Å². The molecule has 0 bridgehead atoms. The number of benzene rings is 1. The van der Waals surface area contributed by atoms with E-state index in [9.17, 15) is 8.42 Å². The van der Waals surface area contributed by atoms with Crippen LogP contribution in [0.15, 0.2) is 21.5 Å². The lowest BCUT2D eigenvalue weighted by Crippen LogP contribution is -2.26. The summed E-state index contributed by atoms with van der Waals surface area (Å²) in [4.78, 5) is 0.321. The molecule has 6 heteroatoms. The molecule has 0 fully saturated rings. The van der Waals surface area contributed by atoms with E-state index in [1.54, 1.807) is 13.0 Å². The van der Waals surface area contributed by atoms with Crippen LogP contribution in [-0.2, 0) is 14.8 Å². The van der Waals surface area contributed by atoms with Crippen molar-refractivity contribution in [3.63, 3.8) is 0 Å². The van der Waals surface area contributed by atoms with Crippen LogP contribution < -0.4 is 4.72 Å². The standard InChI is InChI=1S/C13H20BrNO3S/c1-4-18-7-5-6-15-19(16,17)13-9-12(14)10(2)8-11(13)3/h8-9,15H,4-7H2,1-3H3. The van der Waals surface area contributed by atoms with Crippen LogP contribution in [0.2, 0.25) is 0 Å². The Morgan fingerprint density at radius 3 is 2.58 bits per heavy atom. The lowest BCUT2D eigenvalue weighted by Gasteiger charge is -2.11. The van der Waals surface area contributed by atoms with Gasteiger partial charge in [-0.15, -0.1) is 0 Å². The van der Waals surface area contributed by atoms with Crippen LogP contribution in [0.1, 0.15) is 24.5 Å². The van der Waals surface area contributed by atoms with Crippen molar-refractivity contribution >= 4 is 26.0 Å². The molecule has 108 valence electrons. The van der Waals surface area contributed by atoms with Crippen molar-refractivity contribution in [2.45, 2.75) is 32.1 Å². The Bertz CT molecular complexity index is 529. The maximum atomic E-state index is 12.2. The van der Waals surface area contributed by atoms with Crippen molar-refractivity contribution in [3.8, 4) is 0 Å². The van der Waals surface area contributed by atoms with E-state index in [1.165, 1.54) is 0 Å². The number of halogens is 1. The van der Waals surface area contributed by atoms with Crippen LogP contribution >= 0.6 is 15.9 Å². The number of hydrogen-bond acceptors (Lipinski definition) is 3. The molecule has 1 N–H and O–H groups in total. The van der Waals surface area contributed by atoms with Crippen molar-refractivity contribution in [1.82, 2.24) is 4.72 Å². The Balaban J connectivity index is 2.75. The molecular formula is C13H20BrNO3S. The van der Waals surface area contributed by atoms with Gasteiger partial charge in [0, 0.05) is 24.2 Å². The van der Waals surface area contributed by atoms with Gasteiger partial charge in [-0.2, -0.15) is 0 Å². The molecule has 19 heavy (non-hydrogen) atoms. The third kappa shape index (κ3) is 4.87. The molecule has 1 rings (SSSR count). The van der Waals surface area contributed by atoms with Gasteiger partial charge in [0.2, 0.25) is 10.0 Å². The first-order chi connectivity index (χ1) is 8.88. The van der Waals surface area contributed by atoms with Gasteiger partial charge < -0.3 is 4.74 Å². The highest BCUT2D eigenvalue weighted by molar-refractivity contribution is 9.10. The number of rotatable bonds is 7. The molecule has 1 aromatic rings. The maximum absolute atomic E-state index is 12.2. The summed E-state index contributed by atoms with van der Waals surface area (Å²) in [6.07, 6.45) is 0.666. The molecule has 0 amide bonds. The van der Waals surface area contributed by atoms with Gasteiger partial charge in [0.1, 0.15) is 0 Å². The third-order valence-corrected chi connectivity index (χ3v) is 5.16. The second-order valence-electron chi connectivity index (χ2n) is 4.32. The number of sulfonamides is 1. The smallest absolute Gasteiger partial charge is 0.240 e. The van der Waals surface area contributed by atoms with E-state index in [0.29, 0.717) is 31.1 Å². The van der Waals surface area contributed by atoms with Gasteiger partial charge in [0.25, 0.3) is 0 Å². The van der Waals surface area contributed by atoms with Crippen LogP contribution in [0.5, 0.6) is 0 Å². The molecule has 0 aliphatic heterocycles. The zero-order valence-corrected chi connectivity index (χ0v) is 13.9. The minimum absolute atomic E-state index is 0.321. The summed E-state index contributed by atoms with van der Waals surface area (Å²) in [5, 5.41) is 0. The Hall–Kier alpha value is -0.430. The van der Waals surface area contributed by atoms with Gasteiger partial charge in [-0.1, -0.05) is 22.0 Å². The Morgan fingerprint density at radius 1 is 1.26 bits per heavy atom. The van der Waals surface area contributed by atoms with Crippen LogP contribution in [0, 0.1) is 13.8 Å². The summed E-state index contributed by atoms with van der Waals surface area (Å²) in [6, 6.07) is 3.51. The van der Waals surface area contributed by atoms with Gasteiger partial charge in [-0.25, -0.2) is 13.1 Å². The highest BCUT2D eigenvalue weighted by atomic mass is 79.9. The molecule has 0 aromatic heterocycles. The van der Waals surface area contributed by atoms with Crippen LogP contribution in [0.25, 0.3) is 0 Å². The maximum Gasteiger partial charge on any atom is 0.240 e. The van der Waals surface area contributed by atoms with Gasteiger partial charge in [0.15, 0.2) is 0 Å². The molecule has 4 nitrogen and oxygen atoms in total. The monoisotopic (exact) mass is 349 g/mol. The fourth-order valence-electron chi connectivity index (χ4n) is 1.70. The minimum Gasteiger partial charge on any atom is -0.382 e. The molecule has 0 saturated carbocycles. The van der Waals surface area contributed by atoms with E-state index >= 15 is 0 Å². The Kier molecular flexibility index (Phi) is 6.46. The quantitative estimate of drug-likeness (QED) is 0.770. The molecule has 0 heterocycles. The number of ether oxygens (including phenoxy) is 1. The number of aryl methyl sites for hydroxylation is 2. The molecular weight excluding hydrogens is 330 g/mol. The topological polar surface area (TPSA) is 55.4 Å². The summed E-state index contributed by atoms with van der Waals surface area (Å²) in [7, 11) is -3.45. The van der Waals surface area contributed by atoms with Crippen molar-refractivity contribution in [2.24, 2.45) is 0 Å². The van der Waals surface area contributed by atoms with Crippen molar-refractivity contribution in [3.05, 3.63) is 27.7 Å². The Labute approximate surface area is 123 Å².